The van der Waals surface area contributed by atoms with Crippen LogP contribution in [0.25, 0.3) is 16.4 Å². The van der Waals surface area contributed by atoms with Crippen LogP contribution in [0.5, 0.6) is 0 Å². The van der Waals surface area contributed by atoms with Crippen molar-refractivity contribution in [2.24, 2.45) is 5.73 Å². The summed E-state index contributed by atoms with van der Waals surface area (Å²) in [5, 5.41) is 6.51. The molecule has 1 amide bonds. The number of halogens is 1. The Morgan fingerprint density at radius 1 is 1.12 bits per heavy atom. The van der Waals surface area contributed by atoms with Crippen LogP contribution in [0.15, 0.2) is 47.8 Å². The van der Waals surface area contributed by atoms with Crippen molar-refractivity contribution in [1.29, 1.82) is 0 Å². The summed E-state index contributed by atoms with van der Waals surface area (Å²) in [6.07, 6.45) is 1.64. The van der Waals surface area contributed by atoms with Crippen LogP contribution in [0.3, 0.4) is 0 Å². The van der Waals surface area contributed by atoms with Gasteiger partial charge in [0.2, 0.25) is 5.82 Å². The molecule has 2 N–H and O–H groups in total. The highest BCUT2D eigenvalue weighted by atomic mass is 35.5. The zero-order valence-electron chi connectivity index (χ0n) is 14.1. The number of nitrogens with two attached hydrogens (primary N) is 1. The van der Waals surface area contributed by atoms with Gasteiger partial charge in [-0.25, -0.2) is 9.67 Å². The van der Waals surface area contributed by atoms with E-state index in [-0.39, 0.29) is 30.2 Å². The predicted octanol–water partition coefficient (Wildman–Crippen LogP) is 2.98. The molecule has 0 spiro atoms. The lowest BCUT2D eigenvalue weighted by atomic mass is 10.1. The first-order valence-corrected chi connectivity index (χ1v) is 9.21. The summed E-state index contributed by atoms with van der Waals surface area (Å²) in [5.74, 6) is 0.806. The fourth-order valence-electron chi connectivity index (χ4n) is 2.96. The van der Waals surface area contributed by atoms with Gasteiger partial charge in [-0.05, 0) is 36.4 Å². The first-order chi connectivity index (χ1) is 12.2. The number of aromatic nitrogens is 3. The zero-order valence-corrected chi connectivity index (χ0v) is 15.7. The molecule has 0 radical (unpaired) electrons. The van der Waals surface area contributed by atoms with Gasteiger partial charge in [-0.2, -0.15) is 0 Å². The maximum absolute atomic E-state index is 12.8. The number of para-hydroxylation sites is 1. The standard InChI is InChI=1S/C18H19N5OS.ClH/c19-13-8-10-22(11-9-13)18(24)16-20-17(15-7-4-12-25-15)23(21-16)14-5-2-1-3-6-14;/h1-7,12-13H,8-11,19H2;1H. The summed E-state index contributed by atoms with van der Waals surface area (Å²) in [5.41, 5.74) is 6.82. The fourth-order valence-corrected chi connectivity index (χ4v) is 3.66. The number of amides is 1. The summed E-state index contributed by atoms with van der Waals surface area (Å²) in [7, 11) is 0. The molecular weight excluding hydrogens is 370 g/mol. The Labute approximate surface area is 162 Å². The molecule has 0 bridgehead atoms. The minimum atomic E-state index is -0.126. The molecule has 0 unspecified atom stereocenters. The molecule has 0 saturated carbocycles. The van der Waals surface area contributed by atoms with E-state index in [9.17, 15) is 4.79 Å². The third-order valence-corrected chi connectivity index (χ3v) is 5.23. The number of nitrogens with zero attached hydrogens (tertiary/aromatic N) is 4. The second-order valence-electron chi connectivity index (χ2n) is 6.11. The number of carbonyl (C=O) groups excluding carboxylic acids is 1. The molecule has 6 nitrogen and oxygen atoms in total. The van der Waals surface area contributed by atoms with Crippen molar-refractivity contribution in [2.75, 3.05) is 13.1 Å². The molecule has 26 heavy (non-hydrogen) atoms. The van der Waals surface area contributed by atoms with Crippen LogP contribution >= 0.6 is 23.7 Å². The lowest BCUT2D eigenvalue weighted by Crippen LogP contribution is -2.43. The number of piperidine rings is 1. The number of benzene rings is 1. The Bertz CT molecular complexity index is 857. The van der Waals surface area contributed by atoms with Gasteiger partial charge in [-0.15, -0.1) is 28.8 Å². The third kappa shape index (κ3) is 3.65. The maximum Gasteiger partial charge on any atom is 0.293 e. The summed E-state index contributed by atoms with van der Waals surface area (Å²) in [6, 6.07) is 13.9. The highest BCUT2D eigenvalue weighted by Gasteiger charge is 2.26. The van der Waals surface area contributed by atoms with Gasteiger partial charge in [0, 0.05) is 19.1 Å². The third-order valence-electron chi connectivity index (χ3n) is 4.37. The lowest BCUT2D eigenvalue weighted by molar-refractivity contribution is 0.0702. The number of likely N-dealkylation sites (tertiary alicyclic amines) is 1. The van der Waals surface area contributed by atoms with Crippen LogP contribution in [-0.2, 0) is 0 Å². The molecule has 1 aliphatic rings. The lowest BCUT2D eigenvalue weighted by Gasteiger charge is -2.29. The SMILES string of the molecule is Cl.NC1CCN(C(=O)c2nc(-c3cccs3)n(-c3ccccc3)n2)CC1. The van der Waals surface area contributed by atoms with Crippen molar-refractivity contribution < 1.29 is 4.79 Å². The minimum absolute atomic E-state index is 0. The molecule has 0 atom stereocenters. The molecule has 1 aliphatic heterocycles. The Kier molecular flexibility index (Phi) is 5.70. The molecule has 1 fully saturated rings. The average molecular weight is 390 g/mol. The zero-order chi connectivity index (χ0) is 17.2. The number of rotatable bonds is 3. The topological polar surface area (TPSA) is 77.0 Å². The Morgan fingerprint density at radius 3 is 2.50 bits per heavy atom. The van der Waals surface area contributed by atoms with Crippen molar-refractivity contribution in [1.82, 2.24) is 19.7 Å². The first-order valence-electron chi connectivity index (χ1n) is 8.33. The van der Waals surface area contributed by atoms with Gasteiger partial charge in [0.05, 0.1) is 10.6 Å². The van der Waals surface area contributed by atoms with E-state index in [1.165, 1.54) is 0 Å². The fraction of sp³-hybridized carbons (Fsp3) is 0.278. The Hall–Kier alpha value is -2.22. The van der Waals surface area contributed by atoms with Crippen molar-refractivity contribution in [2.45, 2.75) is 18.9 Å². The molecule has 8 heteroatoms. The molecular formula is C18H20ClN5OS. The van der Waals surface area contributed by atoms with Gasteiger partial charge < -0.3 is 10.6 Å². The van der Waals surface area contributed by atoms with E-state index < -0.39 is 0 Å². The summed E-state index contributed by atoms with van der Waals surface area (Å²) >= 11 is 1.58. The molecule has 136 valence electrons. The molecule has 0 aliphatic carbocycles. The molecule has 4 rings (SSSR count). The van der Waals surface area contributed by atoms with E-state index in [2.05, 4.69) is 10.1 Å². The van der Waals surface area contributed by atoms with E-state index in [1.807, 2.05) is 47.8 Å². The molecule has 1 saturated heterocycles. The first kappa shape index (κ1) is 18.6. The van der Waals surface area contributed by atoms with Gasteiger partial charge in [-0.3, -0.25) is 4.79 Å². The van der Waals surface area contributed by atoms with Crippen molar-refractivity contribution in [3.8, 4) is 16.4 Å². The van der Waals surface area contributed by atoms with E-state index in [0.717, 1.165) is 23.4 Å². The van der Waals surface area contributed by atoms with Crippen LogP contribution in [0.1, 0.15) is 23.5 Å². The maximum atomic E-state index is 12.8. The van der Waals surface area contributed by atoms with Gasteiger partial charge in [0.25, 0.3) is 5.91 Å². The highest BCUT2D eigenvalue weighted by Crippen LogP contribution is 2.26. The molecule has 1 aromatic carbocycles. The molecule has 3 heterocycles. The van der Waals surface area contributed by atoms with Gasteiger partial charge in [-0.1, -0.05) is 24.3 Å². The predicted molar refractivity (Wildman–Crippen MR) is 105 cm³/mol. The smallest absolute Gasteiger partial charge is 0.293 e. The van der Waals surface area contributed by atoms with Gasteiger partial charge in [0.15, 0.2) is 5.82 Å². The number of carbonyl (C=O) groups is 1. The number of hydrogen-bond donors (Lipinski definition) is 1. The van der Waals surface area contributed by atoms with E-state index in [0.29, 0.717) is 18.9 Å². The Balaban J connectivity index is 0.00000196. The van der Waals surface area contributed by atoms with Gasteiger partial charge >= 0.3 is 0 Å². The van der Waals surface area contributed by atoms with Crippen LogP contribution in [0.2, 0.25) is 0 Å². The highest BCUT2D eigenvalue weighted by molar-refractivity contribution is 7.13. The monoisotopic (exact) mass is 389 g/mol. The van der Waals surface area contributed by atoms with Crippen LogP contribution in [0.4, 0.5) is 0 Å². The summed E-state index contributed by atoms with van der Waals surface area (Å²) in [6.45, 7) is 1.32. The normalized spacial score (nSPS) is 14.9. The largest absolute Gasteiger partial charge is 0.336 e. The molecule has 3 aromatic rings. The van der Waals surface area contributed by atoms with E-state index in [4.69, 9.17) is 5.73 Å². The van der Waals surface area contributed by atoms with E-state index >= 15 is 0 Å². The quantitative estimate of drug-likeness (QED) is 0.747. The van der Waals surface area contributed by atoms with E-state index in [1.54, 1.807) is 20.9 Å². The number of hydrogen-bond acceptors (Lipinski definition) is 5. The summed E-state index contributed by atoms with van der Waals surface area (Å²) < 4.78 is 1.74. The number of thiophene rings is 1. The average Bonchev–Trinajstić information content (AvgIpc) is 3.32. The van der Waals surface area contributed by atoms with Crippen LogP contribution in [-0.4, -0.2) is 44.7 Å². The second kappa shape index (κ2) is 7.99. The van der Waals surface area contributed by atoms with Crippen LogP contribution in [0, 0.1) is 0 Å². The minimum Gasteiger partial charge on any atom is -0.336 e. The van der Waals surface area contributed by atoms with Crippen LogP contribution < -0.4 is 5.73 Å². The molecule has 2 aromatic heterocycles. The summed E-state index contributed by atoms with van der Waals surface area (Å²) in [4.78, 5) is 20.2. The second-order valence-corrected chi connectivity index (χ2v) is 7.06. The van der Waals surface area contributed by atoms with Crippen molar-refractivity contribution in [3.63, 3.8) is 0 Å². The Morgan fingerprint density at radius 2 is 1.85 bits per heavy atom. The van der Waals surface area contributed by atoms with Gasteiger partial charge in [0.1, 0.15) is 0 Å². The van der Waals surface area contributed by atoms with Crippen molar-refractivity contribution >= 4 is 29.7 Å². The van der Waals surface area contributed by atoms with Crippen molar-refractivity contribution in [3.05, 3.63) is 53.7 Å².